The van der Waals surface area contributed by atoms with Gasteiger partial charge in [0.25, 0.3) is 0 Å². The number of phenols is 1. The highest BCUT2D eigenvalue weighted by atomic mass is 16.6. The zero-order chi connectivity index (χ0) is 8.43. The number of hydrogen-bond acceptors (Lipinski definition) is 3. The topological polar surface area (TPSA) is 63.4 Å². The quantitative estimate of drug-likeness (QED) is 0.349. The molecule has 0 fully saturated rings. The van der Waals surface area contributed by atoms with Gasteiger partial charge in [-0.2, -0.15) is 0 Å². The Morgan fingerprint density at radius 2 is 2.18 bits per heavy atom. The Hall–Kier alpha value is -1.52. The molecule has 0 atom stereocenters. The van der Waals surface area contributed by atoms with Crippen LogP contribution in [-0.2, 0) is 0 Å². The van der Waals surface area contributed by atoms with Crippen molar-refractivity contribution in [3.63, 3.8) is 0 Å². The highest BCUT2D eigenvalue weighted by Crippen LogP contribution is 2.22. The van der Waals surface area contributed by atoms with Crippen LogP contribution < -0.4 is 5.46 Å². The molecule has 2 radical (unpaired) electrons. The Bertz CT molecular complexity index is 300. The fourth-order valence-corrected chi connectivity index (χ4v) is 0.687. The number of nitro benzene ring substituents is 1. The van der Waals surface area contributed by atoms with Crippen molar-refractivity contribution < 1.29 is 10.0 Å². The molecule has 54 valence electrons. The summed E-state index contributed by atoms with van der Waals surface area (Å²) < 4.78 is 0. The Labute approximate surface area is 64.0 Å². The van der Waals surface area contributed by atoms with Crippen LogP contribution in [0.3, 0.4) is 0 Å². The Morgan fingerprint density at radius 3 is 2.64 bits per heavy atom. The number of phenolic OH excluding ortho intramolecular Hbond substituents is 1. The molecular formula is C6H4BNO3. The maximum absolute atomic E-state index is 10.2. The first kappa shape index (κ1) is 7.59. The van der Waals surface area contributed by atoms with Crippen molar-refractivity contribution in [2.45, 2.75) is 0 Å². The van der Waals surface area contributed by atoms with Crippen molar-refractivity contribution in [1.82, 2.24) is 0 Å². The van der Waals surface area contributed by atoms with E-state index >= 15 is 0 Å². The lowest BCUT2D eigenvalue weighted by molar-refractivity contribution is -0.385. The molecule has 0 spiro atoms. The predicted molar refractivity (Wildman–Crippen MR) is 40.1 cm³/mol. The summed E-state index contributed by atoms with van der Waals surface area (Å²) in [7, 11) is 5.25. The van der Waals surface area contributed by atoms with E-state index in [9.17, 15) is 10.1 Å². The zero-order valence-electron chi connectivity index (χ0n) is 5.52. The molecule has 0 saturated carbocycles. The van der Waals surface area contributed by atoms with E-state index in [1.54, 1.807) is 0 Å². The number of aromatic hydroxyl groups is 1. The second-order valence-electron chi connectivity index (χ2n) is 2.01. The van der Waals surface area contributed by atoms with Crippen molar-refractivity contribution in [3.05, 3.63) is 28.3 Å². The van der Waals surface area contributed by atoms with E-state index in [0.717, 1.165) is 6.07 Å². The first-order chi connectivity index (χ1) is 5.11. The second kappa shape index (κ2) is 2.61. The average molecular weight is 149 g/mol. The molecule has 1 aromatic rings. The van der Waals surface area contributed by atoms with Crippen molar-refractivity contribution in [3.8, 4) is 5.75 Å². The lowest BCUT2D eigenvalue weighted by Gasteiger charge is -1.95. The normalized spacial score (nSPS) is 9.45. The van der Waals surface area contributed by atoms with Gasteiger partial charge in [0.2, 0.25) is 0 Å². The zero-order valence-corrected chi connectivity index (χ0v) is 5.52. The summed E-state index contributed by atoms with van der Waals surface area (Å²) in [6.45, 7) is 0. The van der Waals surface area contributed by atoms with Crippen molar-refractivity contribution >= 4 is 19.0 Å². The molecule has 0 aliphatic rings. The van der Waals surface area contributed by atoms with E-state index in [4.69, 9.17) is 13.0 Å². The molecule has 0 saturated heterocycles. The summed E-state index contributed by atoms with van der Waals surface area (Å²) in [6.07, 6.45) is 0. The van der Waals surface area contributed by atoms with Crippen LogP contribution in [0.4, 0.5) is 5.69 Å². The van der Waals surface area contributed by atoms with Gasteiger partial charge in [0, 0.05) is 6.07 Å². The highest BCUT2D eigenvalue weighted by Gasteiger charge is 2.11. The fraction of sp³-hybridized carbons (Fsp3) is 0. The van der Waals surface area contributed by atoms with E-state index in [0.29, 0.717) is 0 Å². The summed E-state index contributed by atoms with van der Waals surface area (Å²) in [6, 6.07) is 3.69. The molecule has 0 aliphatic heterocycles. The van der Waals surface area contributed by atoms with Crippen molar-refractivity contribution in [2.75, 3.05) is 0 Å². The van der Waals surface area contributed by atoms with Crippen molar-refractivity contribution in [1.29, 1.82) is 0 Å². The van der Waals surface area contributed by atoms with Gasteiger partial charge >= 0.3 is 5.69 Å². The predicted octanol–water partition coefficient (Wildman–Crippen LogP) is 0.0942. The lowest BCUT2D eigenvalue weighted by Crippen LogP contribution is -2.02. The average Bonchev–Trinajstić information content (AvgIpc) is 1.94. The molecule has 0 aliphatic carbocycles. The number of nitro groups is 1. The van der Waals surface area contributed by atoms with E-state index in [2.05, 4.69) is 0 Å². The van der Waals surface area contributed by atoms with Gasteiger partial charge in [0.05, 0.1) is 4.92 Å². The number of hydrogen-bond donors (Lipinski definition) is 1. The summed E-state index contributed by atoms with van der Waals surface area (Å²) in [4.78, 5) is 9.48. The Balaban J connectivity index is 3.23. The largest absolute Gasteiger partial charge is 0.502 e. The first-order valence-corrected chi connectivity index (χ1v) is 2.84. The van der Waals surface area contributed by atoms with Crippen LogP contribution >= 0.6 is 0 Å². The van der Waals surface area contributed by atoms with Gasteiger partial charge in [-0.15, -0.1) is 0 Å². The minimum atomic E-state index is -0.689. The number of nitrogens with zero attached hydrogens (tertiary/aromatic N) is 1. The van der Waals surface area contributed by atoms with Crippen LogP contribution in [-0.4, -0.2) is 17.9 Å². The molecule has 11 heavy (non-hydrogen) atoms. The number of benzene rings is 1. The standard InChI is InChI=1S/C6H4BNO3/c7-4-1-2-6(9)5(3-4)8(10)11/h1-3,9H. The van der Waals surface area contributed by atoms with Gasteiger partial charge < -0.3 is 5.11 Å². The van der Waals surface area contributed by atoms with Crippen LogP contribution in [0.5, 0.6) is 5.75 Å². The first-order valence-electron chi connectivity index (χ1n) is 2.84. The third kappa shape index (κ3) is 1.49. The molecule has 1 N–H and O–H groups in total. The third-order valence-corrected chi connectivity index (χ3v) is 1.20. The molecule has 1 rings (SSSR count). The molecule has 5 heteroatoms. The minimum Gasteiger partial charge on any atom is -0.502 e. The van der Waals surface area contributed by atoms with E-state index in [1.165, 1.54) is 12.1 Å². The molecule has 0 heterocycles. The summed E-state index contributed by atoms with van der Waals surface area (Å²) >= 11 is 0. The van der Waals surface area contributed by atoms with Crippen LogP contribution in [0, 0.1) is 10.1 Å². The minimum absolute atomic E-state index is 0.259. The highest BCUT2D eigenvalue weighted by molar-refractivity contribution is 6.32. The molecule has 0 bridgehead atoms. The van der Waals surface area contributed by atoms with E-state index in [1.807, 2.05) is 0 Å². The van der Waals surface area contributed by atoms with Crippen molar-refractivity contribution in [2.24, 2.45) is 0 Å². The van der Waals surface area contributed by atoms with Gasteiger partial charge in [-0.05, 0) is 6.07 Å². The van der Waals surface area contributed by atoms with Gasteiger partial charge in [0.15, 0.2) is 5.75 Å². The SMILES string of the molecule is [B]c1ccc(O)c([N+](=O)[O-])c1. The van der Waals surface area contributed by atoms with Gasteiger partial charge in [0.1, 0.15) is 7.85 Å². The van der Waals surface area contributed by atoms with Crippen LogP contribution in [0.15, 0.2) is 18.2 Å². The summed E-state index contributed by atoms with van der Waals surface area (Å²) in [5.41, 5.74) is -0.112. The van der Waals surface area contributed by atoms with Crippen LogP contribution in [0.1, 0.15) is 0 Å². The monoisotopic (exact) mass is 149 g/mol. The smallest absolute Gasteiger partial charge is 0.310 e. The summed E-state index contributed by atoms with van der Waals surface area (Å²) in [5, 5.41) is 19.1. The molecule has 0 amide bonds. The molecule has 0 aromatic heterocycles. The third-order valence-electron chi connectivity index (χ3n) is 1.20. The molecular weight excluding hydrogens is 145 g/mol. The Kier molecular flexibility index (Phi) is 1.80. The Morgan fingerprint density at radius 1 is 1.55 bits per heavy atom. The van der Waals surface area contributed by atoms with Gasteiger partial charge in [-0.25, -0.2) is 0 Å². The fourth-order valence-electron chi connectivity index (χ4n) is 0.687. The van der Waals surface area contributed by atoms with Gasteiger partial charge in [-0.1, -0.05) is 11.5 Å². The maximum atomic E-state index is 10.2. The number of rotatable bonds is 1. The maximum Gasteiger partial charge on any atom is 0.310 e. The molecule has 1 aromatic carbocycles. The summed E-state index contributed by atoms with van der Waals surface area (Å²) in [5.74, 6) is -0.371. The molecule has 0 unspecified atom stereocenters. The molecule has 4 nitrogen and oxygen atoms in total. The van der Waals surface area contributed by atoms with Gasteiger partial charge in [-0.3, -0.25) is 10.1 Å². The van der Waals surface area contributed by atoms with E-state index in [-0.39, 0.29) is 16.9 Å². The van der Waals surface area contributed by atoms with Crippen LogP contribution in [0.25, 0.3) is 0 Å². The lowest BCUT2D eigenvalue weighted by atomic mass is 9.96. The van der Waals surface area contributed by atoms with Crippen LogP contribution in [0.2, 0.25) is 0 Å². The second-order valence-corrected chi connectivity index (χ2v) is 2.01. The van der Waals surface area contributed by atoms with E-state index < -0.39 is 4.92 Å².